The molecule has 0 aliphatic rings. The minimum atomic E-state index is -1.22. The maximum Gasteiger partial charge on any atom is 0.129 e. The van der Waals surface area contributed by atoms with Crippen LogP contribution in [0.4, 0.5) is 0 Å². The van der Waals surface area contributed by atoms with E-state index in [0.29, 0.717) is 0 Å². The van der Waals surface area contributed by atoms with Crippen molar-refractivity contribution in [2.75, 3.05) is 0 Å². The number of hydrogen-bond donors (Lipinski definition) is 0. The van der Waals surface area contributed by atoms with Crippen molar-refractivity contribution >= 4 is 32.1 Å². The van der Waals surface area contributed by atoms with Crippen LogP contribution >= 0.6 is 15.9 Å². The molecule has 0 aliphatic heterocycles. The summed E-state index contributed by atoms with van der Waals surface area (Å²) in [6, 6.07) is 7.65. The molecule has 0 aliphatic carbocycles. The van der Waals surface area contributed by atoms with Crippen LogP contribution in [0.25, 0.3) is 0 Å². The largest absolute Gasteiger partial charge is 0.265 e. The Bertz CT molecular complexity index is 701. The van der Waals surface area contributed by atoms with Crippen molar-refractivity contribution in [1.82, 2.24) is 9.97 Å². The first-order chi connectivity index (χ1) is 11.5. The van der Waals surface area contributed by atoms with Gasteiger partial charge in [-0.1, -0.05) is 61.1 Å². The van der Waals surface area contributed by atoms with E-state index in [1.807, 2.05) is 24.3 Å². The molecular weight excluding hydrogens is 404 g/mol. The van der Waals surface area contributed by atoms with Gasteiger partial charge in [-0.05, 0) is 24.3 Å². The van der Waals surface area contributed by atoms with Gasteiger partial charge >= 0.3 is 0 Å². The monoisotopic (exact) mass is 430 g/mol. The average molecular weight is 432 g/mol. The van der Waals surface area contributed by atoms with Gasteiger partial charge in [0.2, 0.25) is 0 Å². The summed E-state index contributed by atoms with van der Waals surface area (Å²) >= 11 is 3.27. The molecule has 0 amide bonds. The summed E-state index contributed by atoms with van der Waals surface area (Å²) in [6.45, 7) is 13.1. The summed E-state index contributed by atoms with van der Waals surface area (Å²) in [7, 11) is -2.32. The summed E-state index contributed by atoms with van der Waals surface area (Å²) in [5.41, 5.74) is 7.10. The van der Waals surface area contributed by atoms with Crippen LogP contribution in [0.15, 0.2) is 53.5 Å². The van der Waals surface area contributed by atoms with Crippen LogP contribution in [0.2, 0.25) is 39.3 Å². The number of aromatic nitrogens is 2. The maximum absolute atomic E-state index is 5.12. The van der Waals surface area contributed by atoms with E-state index >= 15 is 0 Å². The van der Waals surface area contributed by atoms with Crippen LogP contribution in [0, 0.1) is 23.4 Å². The Kier molecular flexibility index (Phi) is 11.0. The molecule has 2 aromatic rings. The quantitative estimate of drug-likeness (QED) is 0.398. The first-order valence-corrected chi connectivity index (χ1v) is 15.8. The van der Waals surface area contributed by atoms with Crippen LogP contribution < -0.4 is 0 Å². The molecule has 132 valence electrons. The molecule has 2 heterocycles. The van der Waals surface area contributed by atoms with Crippen LogP contribution in [0.1, 0.15) is 5.56 Å². The Morgan fingerprint density at radius 1 is 0.800 bits per heavy atom. The Balaban J connectivity index is 0.000000378. The molecule has 2 nitrogen and oxygen atoms in total. The van der Waals surface area contributed by atoms with E-state index in [1.165, 1.54) is 0 Å². The van der Waals surface area contributed by atoms with Crippen molar-refractivity contribution in [2.45, 2.75) is 39.3 Å². The van der Waals surface area contributed by atoms with E-state index < -0.39 is 16.1 Å². The van der Waals surface area contributed by atoms with Gasteiger partial charge in [0.25, 0.3) is 0 Å². The lowest BCUT2D eigenvalue weighted by atomic mass is 10.3. The van der Waals surface area contributed by atoms with Crippen molar-refractivity contribution in [2.24, 2.45) is 0 Å². The standard InChI is InChI=1S/C10H13NSi.C5H4BrN.C5H10Si/c1-12(2,3)9-6-10-4-7-11-8-5-10;6-5-1-3-7-4-2-5;1-5-6(2,3)4/h4-5,7-8H,1-3H3;1-4H;1H,2-4H3. The second-order valence-corrected chi connectivity index (χ2v) is 17.8. The van der Waals surface area contributed by atoms with Crippen molar-refractivity contribution in [3.05, 3.63) is 59.1 Å². The summed E-state index contributed by atoms with van der Waals surface area (Å²) in [6.07, 6.45) is 12.1. The highest BCUT2D eigenvalue weighted by Gasteiger charge is 2.07. The number of terminal acetylenes is 1. The smallest absolute Gasteiger partial charge is 0.129 e. The number of pyridine rings is 2. The summed E-state index contributed by atoms with van der Waals surface area (Å²) < 4.78 is 1.07. The zero-order valence-corrected chi connectivity index (χ0v) is 19.6. The zero-order chi connectivity index (χ0) is 19.3. The molecule has 25 heavy (non-hydrogen) atoms. The number of hydrogen-bond acceptors (Lipinski definition) is 2. The van der Waals surface area contributed by atoms with E-state index in [9.17, 15) is 0 Å². The van der Waals surface area contributed by atoms with Crippen molar-refractivity contribution < 1.29 is 0 Å². The molecule has 0 bridgehead atoms. The lowest BCUT2D eigenvalue weighted by Gasteiger charge is -2.02. The minimum absolute atomic E-state index is 1.06. The Labute approximate surface area is 163 Å². The Hall–Kier alpha value is -1.67. The number of nitrogens with zero attached hydrogens (tertiary/aromatic N) is 2. The fourth-order valence-corrected chi connectivity index (χ4v) is 1.78. The molecule has 0 N–H and O–H groups in total. The SMILES string of the molecule is Brc1ccncc1.C#C[Si](C)(C)C.C[Si](C)(C)C#Cc1ccncc1. The minimum Gasteiger partial charge on any atom is -0.265 e. The molecule has 0 aromatic carbocycles. The zero-order valence-electron chi connectivity index (χ0n) is 16.0. The first-order valence-electron chi connectivity index (χ1n) is 8.00. The fraction of sp³-hybridized carbons (Fsp3) is 0.300. The van der Waals surface area contributed by atoms with Crippen molar-refractivity contribution in [3.63, 3.8) is 0 Å². The van der Waals surface area contributed by atoms with E-state index in [4.69, 9.17) is 6.42 Å². The van der Waals surface area contributed by atoms with E-state index in [0.717, 1.165) is 10.0 Å². The predicted molar refractivity (Wildman–Crippen MR) is 119 cm³/mol. The third-order valence-electron chi connectivity index (χ3n) is 2.33. The van der Waals surface area contributed by atoms with Gasteiger partial charge in [0.15, 0.2) is 0 Å². The molecule has 0 atom stereocenters. The van der Waals surface area contributed by atoms with E-state index in [2.05, 4.69) is 82.2 Å². The van der Waals surface area contributed by atoms with Gasteiger partial charge < -0.3 is 0 Å². The van der Waals surface area contributed by atoms with Gasteiger partial charge in [0.05, 0.1) is 0 Å². The average Bonchev–Trinajstić information content (AvgIpc) is 2.55. The van der Waals surface area contributed by atoms with Crippen molar-refractivity contribution in [3.8, 4) is 23.4 Å². The van der Waals surface area contributed by atoms with Crippen LogP contribution in [0.3, 0.4) is 0 Å². The molecule has 0 spiro atoms. The molecule has 0 saturated heterocycles. The Morgan fingerprint density at radius 3 is 1.48 bits per heavy atom. The number of rotatable bonds is 0. The molecule has 0 unspecified atom stereocenters. The topological polar surface area (TPSA) is 25.8 Å². The normalized spacial score (nSPS) is 9.84. The maximum atomic E-state index is 5.12. The molecule has 2 rings (SSSR count). The van der Waals surface area contributed by atoms with E-state index in [-0.39, 0.29) is 0 Å². The molecule has 5 heteroatoms. The van der Waals surface area contributed by atoms with Crippen LogP contribution in [-0.4, -0.2) is 26.1 Å². The highest BCUT2D eigenvalue weighted by molar-refractivity contribution is 9.10. The highest BCUT2D eigenvalue weighted by Crippen LogP contribution is 2.03. The fourth-order valence-electron chi connectivity index (χ4n) is 1.03. The van der Waals surface area contributed by atoms with Gasteiger partial charge in [0.1, 0.15) is 16.1 Å². The molecule has 0 fully saturated rings. The first kappa shape index (κ1) is 23.3. The third-order valence-corrected chi connectivity index (χ3v) is 4.60. The van der Waals surface area contributed by atoms with Crippen LogP contribution in [0.5, 0.6) is 0 Å². The van der Waals surface area contributed by atoms with Gasteiger partial charge in [0, 0.05) is 34.8 Å². The summed E-state index contributed by atoms with van der Waals surface area (Å²) in [5.74, 6) is 3.16. The number of halogens is 1. The third kappa shape index (κ3) is 17.0. The van der Waals surface area contributed by atoms with Gasteiger partial charge in [-0.3, -0.25) is 9.97 Å². The molecular formula is C20H27BrN2Si2. The molecule has 0 radical (unpaired) electrons. The van der Waals surface area contributed by atoms with Gasteiger partial charge in [-0.15, -0.1) is 17.5 Å². The van der Waals surface area contributed by atoms with Gasteiger partial charge in [-0.2, -0.15) is 0 Å². The second kappa shape index (κ2) is 11.8. The van der Waals surface area contributed by atoms with Crippen molar-refractivity contribution in [1.29, 1.82) is 0 Å². The molecule has 0 saturated carbocycles. The lowest BCUT2D eigenvalue weighted by molar-refractivity contribution is 1.32. The second-order valence-electron chi connectivity index (χ2n) is 7.30. The lowest BCUT2D eigenvalue weighted by Crippen LogP contribution is -2.16. The van der Waals surface area contributed by atoms with E-state index in [1.54, 1.807) is 24.8 Å². The van der Waals surface area contributed by atoms with Crippen LogP contribution in [-0.2, 0) is 0 Å². The predicted octanol–water partition coefficient (Wildman–Crippen LogP) is 5.65. The summed E-state index contributed by atoms with van der Waals surface area (Å²) in [4.78, 5) is 7.75. The molecule has 2 aromatic heterocycles. The van der Waals surface area contributed by atoms with Gasteiger partial charge in [-0.25, -0.2) is 0 Å². The Morgan fingerprint density at radius 2 is 1.20 bits per heavy atom. The highest BCUT2D eigenvalue weighted by atomic mass is 79.9. The summed E-state index contributed by atoms with van der Waals surface area (Å²) in [5, 5.41) is 0.